The Morgan fingerprint density at radius 3 is 2.67 bits per heavy atom. The zero-order valence-corrected chi connectivity index (χ0v) is 11.7. The van der Waals surface area contributed by atoms with E-state index in [1.807, 2.05) is 0 Å². The van der Waals surface area contributed by atoms with E-state index in [2.05, 4.69) is 26.1 Å². The van der Waals surface area contributed by atoms with Gasteiger partial charge < -0.3 is 15.8 Å². The van der Waals surface area contributed by atoms with Crippen LogP contribution < -0.4 is 11.1 Å². The molecule has 104 valence electrons. The number of amides is 1. The molecule has 2 aliphatic rings. The molecule has 4 unspecified atom stereocenters. The van der Waals surface area contributed by atoms with Crippen LogP contribution in [0.1, 0.15) is 52.9 Å². The second kappa shape index (κ2) is 5.17. The van der Waals surface area contributed by atoms with Crippen LogP contribution in [0.15, 0.2) is 0 Å². The van der Waals surface area contributed by atoms with Gasteiger partial charge in [-0.3, -0.25) is 4.79 Å². The third kappa shape index (κ3) is 3.69. The lowest BCUT2D eigenvalue weighted by Crippen LogP contribution is -2.43. The number of fused-ring (bicyclic) bond motifs is 2. The largest absolute Gasteiger partial charge is 0.373 e. The summed E-state index contributed by atoms with van der Waals surface area (Å²) in [5, 5.41) is 3.08. The summed E-state index contributed by atoms with van der Waals surface area (Å²) in [6.07, 6.45) is 5.13. The summed E-state index contributed by atoms with van der Waals surface area (Å²) in [5.74, 6) is 0.0768. The van der Waals surface area contributed by atoms with Crippen molar-refractivity contribution in [3.8, 4) is 0 Å². The number of rotatable bonds is 4. The number of nitrogens with two attached hydrogens (primary N) is 1. The van der Waals surface area contributed by atoms with Crippen molar-refractivity contribution in [2.75, 3.05) is 0 Å². The molecule has 0 radical (unpaired) electrons. The molecule has 3 N–H and O–H groups in total. The quantitative estimate of drug-likeness (QED) is 0.800. The summed E-state index contributed by atoms with van der Waals surface area (Å²) in [6, 6.07) is 0.169. The minimum Gasteiger partial charge on any atom is -0.373 e. The maximum Gasteiger partial charge on any atom is 0.221 e. The lowest BCUT2D eigenvalue weighted by molar-refractivity contribution is -0.122. The highest BCUT2D eigenvalue weighted by molar-refractivity contribution is 5.77. The van der Waals surface area contributed by atoms with Crippen molar-refractivity contribution >= 4 is 5.91 Å². The first-order valence-corrected chi connectivity index (χ1v) is 7.04. The van der Waals surface area contributed by atoms with Gasteiger partial charge in [-0.25, -0.2) is 0 Å². The normalized spacial score (nSPS) is 32.6. The van der Waals surface area contributed by atoms with Crippen LogP contribution in [-0.2, 0) is 9.53 Å². The molecule has 18 heavy (non-hydrogen) atoms. The molecule has 2 saturated heterocycles. The Morgan fingerprint density at radius 2 is 2.17 bits per heavy atom. The Bertz CT molecular complexity index is 311. The average molecular weight is 254 g/mol. The van der Waals surface area contributed by atoms with Crippen LogP contribution in [0.2, 0.25) is 0 Å². The molecular weight excluding hydrogens is 228 g/mol. The van der Waals surface area contributed by atoms with Crippen LogP contribution in [0.4, 0.5) is 0 Å². The molecule has 2 heterocycles. The predicted octanol–water partition coefficient (Wildman–Crippen LogP) is 1.58. The third-order valence-electron chi connectivity index (χ3n) is 3.77. The number of hydrogen-bond acceptors (Lipinski definition) is 3. The minimum atomic E-state index is -0.0514. The van der Waals surface area contributed by atoms with E-state index < -0.39 is 0 Å². The van der Waals surface area contributed by atoms with Crippen molar-refractivity contribution in [2.24, 2.45) is 11.1 Å². The lowest BCUT2D eigenvalue weighted by Gasteiger charge is -2.24. The highest BCUT2D eigenvalue weighted by atomic mass is 16.5. The Morgan fingerprint density at radius 1 is 1.44 bits per heavy atom. The number of ether oxygens (including phenoxy) is 1. The molecule has 4 heteroatoms. The van der Waals surface area contributed by atoms with Gasteiger partial charge in [0.25, 0.3) is 0 Å². The monoisotopic (exact) mass is 254 g/mol. The molecule has 4 nitrogen and oxygen atoms in total. The first-order valence-electron chi connectivity index (χ1n) is 7.04. The molecule has 4 atom stereocenters. The van der Waals surface area contributed by atoms with Gasteiger partial charge in [0.2, 0.25) is 5.91 Å². The minimum absolute atomic E-state index is 0.0514. The second-order valence-corrected chi connectivity index (χ2v) is 7.01. The van der Waals surface area contributed by atoms with Gasteiger partial charge in [0.15, 0.2) is 0 Å². The molecule has 0 aliphatic carbocycles. The number of carbonyl (C=O) groups excluding carboxylic acids is 1. The van der Waals surface area contributed by atoms with E-state index in [0.717, 1.165) is 25.7 Å². The average Bonchev–Trinajstić information content (AvgIpc) is 2.74. The van der Waals surface area contributed by atoms with Crippen LogP contribution in [0, 0.1) is 5.41 Å². The number of hydrogen-bond donors (Lipinski definition) is 2. The maximum atomic E-state index is 11.9. The van der Waals surface area contributed by atoms with Crippen molar-refractivity contribution in [3.63, 3.8) is 0 Å². The highest BCUT2D eigenvalue weighted by Gasteiger charge is 2.41. The fourth-order valence-electron chi connectivity index (χ4n) is 3.15. The van der Waals surface area contributed by atoms with Crippen molar-refractivity contribution in [3.05, 3.63) is 0 Å². The van der Waals surface area contributed by atoms with Crippen molar-refractivity contribution in [1.82, 2.24) is 5.32 Å². The van der Waals surface area contributed by atoms with Crippen molar-refractivity contribution in [2.45, 2.75) is 77.2 Å². The molecule has 0 aromatic rings. The first kappa shape index (κ1) is 13.8. The van der Waals surface area contributed by atoms with Gasteiger partial charge >= 0.3 is 0 Å². The fourth-order valence-corrected chi connectivity index (χ4v) is 3.15. The maximum absolute atomic E-state index is 11.9. The van der Waals surface area contributed by atoms with Crippen LogP contribution in [0.25, 0.3) is 0 Å². The third-order valence-corrected chi connectivity index (χ3v) is 3.77. The van der Waals surface area contributed by atoms with Gasteiger partial charge in [-0.2, -0.15) is 0 Å². The summed E-state index contributed by atoms with van der Waals surface area (Å²) in [4.78, 5) is 11.9. The second-order valence-electron chi connectivity index (χ2n) is 7.01. The molecule has 0 spiro atoms. The van der Waals surface area contributed by atoms with Gasteiger partial charge in [0, 0.05) is 12.5 Å². The molecular formula is C14H26N2O2. The van der Waals surface area contributed by atoms with Crippen LogP contribution in [-0.4, -0.2) is 30.2 Å². The van der Waals surface area contributed by atoms with E-state index in [1.165, 1.54) is 0 Å². The standard InChI is InChI=1S/C14H26N2O2/c1-14(2,3)8-9(15)6-13(17)16-11-7-10-4-5-12(11)18-10/h9-12H,4-8,15H2,1-3H3,(H,16,17). The van der Waals surface area contributed by atoms with Crippen molar-refractivity contribution in [1.29, 1.82) is 0 Å². The van der Waals surface area contributed by atoms with E-state index in [9.17, 15) is 4.79 Å². The van der Waals surface area contributed by atoms with Gasteiger partial charge in [-0.1, -0.05) is 20.8 Å². The van der Waals surface area contributed by atoms with Gasteiger partial charge in [-0.05, 0) is 31.1 Å². The topological polar surface area (TPSA) is 64.4 Å². The van der Waals surface area contributed by atoms with Crippen LogP contribution in [0.3, 0.4) is 0 Å². The Balaban J connectivity index is 1.72. The zero-order valence-electron chi connectivity index (χ0n) is 11.7. The molecule has 1 amide bonds. The molecule has 2 fully saturated rings. The highest BCUT2D eigenvalue weighted by Crippen LogP contribution is 2.34. The Hall–Kier alpha value is -0.610. The molecule has 0 saturated carbocycles. The molecule has 0 aromatic heterocycles. The predicted molar refractivity (Wildman–Crippen MR) is 71.1 cm³/mol. The zero-order chi connectivity index (χ0) is 13.3. The fraction of sp³-hybridized carbons (Fsp3) is 0.929. The summed E-state index contributed by atoms with van der Waals surface area (Å²) in [6.45, 7) is 6.44. The van der Waals surface area contributed by atoms with Crippen molar-refractivity contribution < 1.29 is 9.53 Å². The van der Waals surface area contributed by atoms with E-state index in [1.54, 1.807) is 0 Å². The molecule has 0 aromatic carbocycles. The van der Waals surface area contributed by atoms with E-state index in [4.69, 9.17) is 10.5 Å². The number of nitrogens with one attached hydrogen (secondary N) is 1. The van der Waals surface area contributed by atoms with E-state index in [-0.39, 0.29) is 29.5 Å². The Labute approximate surface area is 110 Å². The van der Waals surface area contributed by atoms with Gasteiger partial charge in [0.1, 0.15) is 0 Å². The van der Waals surface area contributed by atoms with Crippen LogP contribution in [0.5, 0.6) is 0 Å². The smallest absolute Gasteiger partial charge is 0.221 e. The summed E-state index contributed by atoms with van der Waals surface area (Å²) < 4.78 is 5.73. The SMILES string of the molecule is CC(C)(C)CC(N)CC(=O)NC1CC2CCC1O2. The summed E-state index contributed by atoms with van der Waals surface area (Å²) >= 11 is 0. The van der Waals surface area contributed by atoms with Gasteiger partial charge in [-0.15, -0.1) is 0 Å². The first-order chi connectivity index (χ1) is 8.33. The summed E-state index contributed by atoms with van der Waals surface area (Å²) in [7, 11) is 0. The lowest BCUT2D eigenvalue weighted by atomic mass is 9.87. The van der Waals surface area contributed by atoms with Gasteiger partial charge in [0.05, 0.1) is 18.2 Å². The molecule has 2 rings (SSSR count). The summed E-state index contributed by atoms with van der Waals surface area (Å²) in [5.41, 5.74) is 6.19. The van der Waals surface area contributed by atoms with Crippen LogP contribution >= 0.6 is 0 Å². The Kier molecular flexibility index (Phi) is 3.97. The van der Waals surface area contributed by atoms with E-state index in [0.29, 0.717) is 12.5 Å². The molecule has 2 bridgehead atoms. The van der Waals surface area contributed by atoms with E-state index >= 15 is 0 Å². The number of carbonyl (C=O) groups is 1. The molecule has 2 aliphatic heterocycles.